The highest BCUT2D eigenvalue weighted by Crippen LogP contribution is 2.36. The quantitative estimate of drug-likeness (QED) is 0.890. The molecular formula is C16H18ClNO2. The summed E-state index contributed by atoms with van der Waals surface area (Å²) in [5, 5.41) is 11.2. The number of aliphatic hydroxyl groups is 1. The molecule has 2 aromatic rings. The summed E-state index contributed by atoms with van der Waals surface area (Å²) in [4.78, 5) is 0. The zero-order chi connectivity index (χ0) is 14.5. The van der Waals surface area contributed by atoms with Crippen molar-refractivity contribution >= 4 is 11.6 Å². The van der Waals surface area contributed by atoms with Crippen molar-refractivity contribution in [3.63, 3.8) is 0 Å². The molecule has 3 N–H and O–H groups in total. The summed E-state index contributed by atoms with van der Waals surface area (Å²) < 4.78 is 5.34. The van der Waals surface area contributed by atoms with Crippen LogP contribution in [0.4, 0.5) is 0 Å². The second-order valence-electron chi connectivity index (χ2n) is 4.58. The number of aliphatic hydroxyl groups excluding tert-OH is 1. The summed E-state index contributed by atoms with van der Waals surface area (Å²) in [5.74, 6) is 0.408. The molecule has 0 spiro atoms. The molecule has 20 heavy (non-hydrogen) atoms. The smallest absolute Gasteiger partial charge is 0.122 e. The Morgan fingerprint density at radius 1 is 1.20 bits per heavy atom. The number of rotatable bonds is 5. The monoisotopic (exact) mass is 291 g/mol. The van der Waals surface area contributed by atoms with Gasteiger partial charge in [0.05, 0.1) is 13.2 Å². The van der Waals surface area contributed by atoms with Crippen LogP contribution in [0.2, 0.25) is 5.02 Å². The van der Waals surface area contributed by atoms with Gasteiger partial charge in [-0.05, 0) is 23.8 Å². The zero-order valence-corrected chi connectivity index (χ0v) is 12.0. The fraction of sp³-hybridized carbons (Fsp3) is 0.250. The first-order chi connectivity index (χ1) is 9.67. The molecule has 0 heterocycles. The topological polar surface area (TPSA) is 55.5 Å². The lowest BCUT2D eigenvalue weighted by molar-refractivity contribution is 0.146. The molecule has 0 aliphatic heterocycles. The lowest BCUT2D eigenvalue weighted by atomic mass is 9.88. The summed E-state index contributed by atoms with van der Waals surface area (Å²) in [5.41, 5.74) is 7.50. The molecule has 106 valence electrons. The van der Waals surface area contributed by atoms with Gasteiger partial charge in [-0.25, -0.2) is 0 Å². The molecule has 0 aromatic heterocycles. The molecule has 2 atom stereocenters. The van der Waals surface area contributed by atoms with E-state index in [2.05, 4.69) is 0 Å². The average molecular weight is 292 g/mol. The van der Waals surface area contributed by atoms with Crippen LogP contribution in [0.15, 0.2) is 48.5 Å². The van der Waals surface area contributed by atoms with Crippen LogP contribution in [0.1, 0.15) is 23.1 Å². The first-order valence-corrected chi connectivity index (χ1v) is 6.81. The minimum atomic E-state index is -0.700. The van der Waals surface area contributed by atoms with Gasteiger partial charge in [0.15, 0.2) is 0 Å². The fourth-order valence-electron chi connectivity index (χ4n) is 2.30. The van der Waals surface area contributed by atoms with Gasteiger partial charge in [0.25, 0.3) is 0 Å². The third-order valence-corrected chi connectivity index (χ3v) is 3.60. The Morgan fingerprint density at radius 3 is 2.50 bits per heavy atom. The molecule has 0 aliphatic rings. The molecule has 2 rings (SSSR count). The van der Waals surface area contributed by atoms with Crippen molar-refractivity contribution < 1.29 is 9.84 Å². The van der Waals surface area contributed by atoms with Crippen molar-refractivity contribution in [3.8, 4) is 5.75 Å². The molecular weight excluding hydrogens is 274 g/mol. The molecule has 0 aliphatic carbocycles. The zero-order valence-electron chi connectivity index (χ0n) is 11.3. The van der Waals surface area contributed by atoms with E-state index < -0.39 is 6.10 Å². The van der Waals surface area contributed by atoms with Crippen molar-refractivity contribution in [2.45, 2.75) is 12.0 Å². The van der Waals surface area contributed by atoms with Crippen molar-refractivity contribution in [2.24, 2.45) is 5.73 Å². The summed E-state index contributed by atoms with van der Waals surface area (Å²) in [6.45, 7) is 0.298. The van der Waals surface area contributed by atoms with Gasteiger partial charge < -0.3 is 15.6 Å². The second kappa shape index (κ2) is 6.75. The van der Waals surface area contributed by atoms with E-state index in [9.17, 15) is 5.11 Å². The highest BCUT2D eigenvalue weighted by Gasteiger charge is 2.24. The van der Waals surface area contributed by atoms with Crippen LogP contribution in [0.25, 0.3) is 0 Å². The Morgan fingerprint density at radius 2 is 1.90 bits per heavy atom. The maximum Gasteiger partial charge on any atom is 0.122 e. The van der Waals surface area contributed by atoms with Crippen LogP contribution in [-0.2, 0) is 0 Å². The van der Waals surface area contributed by atoms with Gasteiger partial charge in [-0.3, -0.25) is 0 Å². The highest BCUT2D eigenvalue weighted by atomic mass is 35.5. The molecule has 2 aromatic carbocycles. The van der Waals surface area contributed by atoms with Crippen LogP contribution < -0.4 is 10.5 Å². The minimum absolute atomic E-state index is 0.272. The summed E-state index contributed by atoms with van der Waals surface area (Å²) in [6.07, 6.45) is -0.700. The standard InChI is InChI=1S/C16H18ClNO2/c1-20-15-8-7-12(17)9-13(15)14(10-18)16(19)11-5-3-2-4-6-11/h2-9,14,16,19H,10,18H2,1H3. The third-order valence-electron chi connectivity index (χ3n) is 3.37. The molecule has 0 saturated heterocycles. The van der Waals surface area contributed by atoms with Crippen molar-refractivity contribution in [3.05, 3.63) is 64.7 Å². The number of benzene rings is 2. The summed E-state index contributed by atoms with van der Waals surface area (Å²) in [7, 11) is 1.59. The molecule has 4 heteroatoms. The van der Waals surface area contributed by atoms with E-state index in [1.807, 2.05) is 30.3 Å². The molecule has 0 bridgehead atoms. The van der Waals surface area contributed by atoms with Gasteiger partial charge >= 0.3 is 0 Å². The summed E-state index contributed by atoms with van der Waals surface area (Å²) >= 11 is 6.05. The lowest BCUT2D eigenvalue weighted by Gasteiger charge is -2.24. The second-order valence-corrected chi connectivity index (χ2v) is 5.02. The lowest BCUT2D eigenvalue weighted by Crippen LogP contribution is -2.20. The largest absolute Gasteiger partial charge is 0.496 e. The van der Waals surface area contributed by atoms with Gasteiger partial charge in [0, 0.05) is 23.0 Å². The molecule has 0 radical (unpaired) electrons. The van der Waals surface area contributed by atoms with Crippen molar-refractivity contribution in [1.82, 2.24) is 0 Å². The third kappa shape index (κ3) is 3.12. The van der Waals surface area contributed by atoms with Crippen LogP contribution in [-0.4, -0.2) is 18.8 Å². The Labute approximate surface area is 123 Å². The van der Waals surface area contributed by atoms with E-state index in [-0.39, 0.29) is 5.92 Å². The number of nitrogens with two attached hydrogens (primary N) is 1. The molecule has 2 unspecified atom stereocenters. The highest BCUT2D eigenvalue weighted by molar-refractivity contribution is 6.30. The van der Waals surface area contributed by atoms with Crippen LogP contribution in [0, 0.1) is 0 Å². The molecule has 0 amide bonds. The SMILES string of the molecule is COc1ccc(Cl)cc1C(CN)C(O)c1ccccc1. The number of ether oxygens (including phenoxy) is 1. The molecule has 3 nitrogen and oxygen atoms in total. The normalized spacial score (nSPS) is 13.8. The first kappa shape index (κ1) is 14.9. The van der Waals surface area contributed by atoms with E-state index in [0.29, 0.717) is 17.3 Å². The minimum Gasteiger partial charge on any atom is -0.496 e. The number of hydrogen-bond acceptors (Lipinski definition) is 3. The van der Waals surface area contributed by atoms with Gasteiger partial charge in [-0.2, -0.15) is 0 Å². The van der Waals surface area contributed by atoms with Crippen LogP contribution in [0.5, 0.6) is 5.75 Å². The maximum absolute atomic E-state index is 10.6. The van der Waals surface area contributed by atoms with Gasteiger partial charge in [0.2, 0.25) is 0 Å². The van der Waals surface area contributed by atoms with Gasteiger partial charge in [0.1, 0.15) is 5.75 Å². The summed E-state index contributed by atoms with van der Waals surface area (Å²) in [6, 6.07) is 14.8. The Hall–Kier alpha value is -1.55. The predicted octanol–water partition coefficient (Wildman–Crippen LogP) is 3.12. The predicted molar refractivity (Wildman–Crippen MR) is 81.2 cm³/mol. The molecule has 0 saturated carbocycles. The van der Waals surface area contributed by atoms with E-state index in [1.165, 1.54) is 0 Å². The van der Waals surface area contributed by atoms with Gasteiger partial charge in [-0.15, -0.1) is 0 Å². The van der Waals surface area contributed by atoms with E-state index in [1.54, 1.807) is 25.3 Å². The number of hydrogen-bond donors (Lipinski definition) is 2. The van der Waals surface area contributed by atoms with Crippen molar-refractivity contribution in [1.29, 1.82) is 0 Å². The van der Waals surface area contributed by atoms with E-state index >= 15 is 0 Å². The Kier molecular flexibility index (Phi) is 5.01. The fourth-order valence-corrected chi connectivity index (χ4v) is 2.48. The maximum atomic E-state index is 10.6. The number of halogens is 1. The Bertz CT molecular complexity index is 560. The Balaban J connectivity index is 2.40. The molecule has 0 fully saturated rings. The van der Waals surface area contributed by atoms with Crippen LogP contribution in [0.3, 0.4) is 0 Å². The van der Waals surface area contributed by atoms with E-state index in [0.717, 1.165) is 11.1 Å². The van der Waals surface area contributed by atoms with Crippen LogP contribution >= 0.6 is 11.6 Å². The van der Waals surface area contributed by atoms with E-state index in [4.69, 9.17) is 22.1 Å². The average Bonchev–Trinajstić information content (AvgIpc) is 2.49. The number of methoxy groups -OCH3 is 1. The first-order valence-electron chi connectivity index (χ1n) is 6.44. The van der Waals surface area contributed by atoms with Gasteiger partial charge in [-0.1, -0.05) is 41.9 Å². The van der Waals surface area contributed by atoms with Crippen molar-refractivity contribution in [2.75, 3.05) is 13.7 Å².